The number of hydrogen-bond donors (Lipinski definition) is 0. The van der Waals surface area contributed by atoms with Gasteiger partial charge in [0.05, 0.1) is 5.52 Å². The van der Waals surface area contributed by atoms with Crippen molar-refractivity contribution in [2.45, 2.75) is 6.92 Å². The fourth-order valence-electron chi connectivity index (χ4n) is 2.84. The minimum atomic E-state index is 0. The van der Waals surface area contributed by atoms with E-state index in [-0.39, 0.29) is 38.5 Å². The third-order valence-corrected chi connectivity index (χ3v) is 4.21. The molecule has 0 aliphatic carbocycles. The summed E-state index contributed by atoms with van der Waals surface area (Å²) in [5.41, 5.74) is 9.81. The van der Waals surface area contributed by atoms with Crippen LogP contribution in [0.2, 0.25) is 5.02 Å². The van der Waals surface area contributed by atoms with Crippen molar-refractivity contribution in [1.82, 2.24) is 9.88 Å². The third kappa shape index (κ3) is 4.27. The molecule has 2 heterocycles. The van der Waals surface area contributed by atoms with Gasteiger partial charge in [0.15, 0.2) is 0 Å². The number of amidine groups is 1. The van der Waals surface area contributed by atoms with Crippen LogP contribution < -0.4 is 4.90 Å². The molecule has 7 heteroatoms. The molecule has 0 saturated carbocycles. The van der Waals surface area contributed by atoms with Crippen LogP contribution in [0.1, 0.15) is 6.92 Å². The van der Waals surface area contributed by atoms with E-state index in [0.717, 1.165) is 29.7 Å². The van der Waals surface area contributed by atoms with Crippen LogP contribution in [-0.2, 0) is 32.7 Å². The number of aromatic nitrogens is 1. The molecule has 2 aromatic rings. The van der Waals surface area contributed by atoms with E-state index in [1.807, 2.05) is 29.2 Å². The van der Waals surface area contributed by atoms with Crippen LogP contribution in [-0.4, -0.2) is 41.9 Å². The summed E-state index contributed by atoms with van der Waals surface area (Å²) >= 11 is 6.04. The summed E-state index contributed by atoms with van der Waals surface area (Å²) in [6.45, 7) is 4.69. The van der Waals surface area contributed by atoms with Gasteiger partial charge >= 0.3 is 0 Å². The number of rotatable bonds is 2. The summed E-state index contributed by atoms with van der Waals surface area (Å²) in [6, 6.07) is 7.77. The van der Waals surface area contributed by atoms with E-state index >= 15 is 0 Å². The van der Waals surface area contributed by atoms with Crippen LogP contribution in [0.25, 0.3) is 22.0 Å². The van der Waals surface area contributed by atoms with E-state index in [0.29, 0.717) is 23.8 Å². The fourth-order valence-corrected chi connectivity index (χ4v) is 3.01. The van der Waals surface area contributed by atoms with Gasteiger partial charge in [-0.3, -0.25) is 4.98 Å². The number of nitrogens with zero attached hydrogens (tertiary/aromatic N) is 4. The largest absolute Gasteiger partial charge is 0.702 e. The molecule has 0 unspecified atom stereocenters. The Morgan fingerprint density at radius 2 is 1.96 bits per heavy atom. The summed E-state index contributed by atoms with van der Waals surface area (Å²) in [6.07, 6.45) is 3.29. The van der Waals surface area contributed by atoms with Gasteiger partial charge in [0, 0.05) is 68.1 Å². The van der Waals surface area contributed by atoms with Gasteiger partial charge in [-0.15, -0.1) is 0 Å². The molecule has 1 aliphatic rings. The molecule has 0 amide bonds. The molecule has 1 N–H and O–H groups in total. The van der Waals surface area contributed by atoms with E-state index in [2.05, 4.69) is 9.88 Å². The standard InChI is InChI=1S/C17H18ClN5.Y/c1-12(19)10-17(20)23-8-6-22(7-9-23)16-4-5-21-15-11-13(18)2-3-14(15)16;/h2-5,10-11,19H,6-9H2,1H3;/q-2;/b12-10-;. The van der Waals surface area contributed by atoms with Gasteiger partial charge in [-0.1, -0.05) is 30.4 Å². The molecular formula is C17H18ClN5Y-2. The quantitative estimate of drug-likeness (QED) is 0.550. The van der Waals surface area contributed by atoms with Crippen LogP contribution in [0.4, 0.5) is 5.69 Å². The number of halogens is 1. The van der Waals surface area contributed by atoms with Crippen molar-refractivity contribution in [2.75, 3.05) is 31.1 Å². The van der Waals surface area contributed by atoms with Gasteiger partial charge in [0.2, 0.25) is 0 Å². The molecule has 1 aromatic heterocycles. The molecule has 123 valence electrons. The van der Waals surface area contributed by atoms with E-state index in [1.54, 1.807) is 13.1 Å². The molecule has 0 bridgehead atoms. The van der Waals surface area contributed by atoms with Gasteiger partial charge in [0.1, 0.15) is 0 Å². The minimum absolute atomic E-state index is 0. The minimum Gasteiger partial charge on any atom is -0.702 e. The van der Waals surface area contributed by atoms with Crippen LogP contribution >= 0.6 is 11.6 Å². The Hall–Kier alpha value is -1.17. The number of fused-ring (bicyclic) bond motifs is 1. The zero-order chi connectivity index (χ0) is 16.4. The second-order valence-corrected chi connectivity index (χ2v) is 6.09. The molecule has 1 fully saturated rings. The van der Waals surface area contributed by atoms with Gasteiger partial charge < -0.3 is 20.9 Å². The first-order valence-electron chi connectivity index (χ1n) is 7.54. The molecule has 1 aromatic carbocycles. The van der Waals surface area contributed by atoms with E-state index in [9.17, 15) is 5.41 Å². The summed E-state index contributed by atoms with van der Waals surface area (Å²) in [5, 5.41) is 11.8. The molecule has 5 nitrogen and oxygen atoms in total. The maximum absolute atomic E-state index is 10.0. The molecule has 24 heavy (non-hydrogen) atoms. The first-order valence-corrected chi connectivity index (χ1v) is 7.92. The average molecular weight is 417 g/mol. The molecule has 0 spiro atoms. The van der Waals surface area contributed by atoms with Gasteiger partial charge in [-0.05, 0) is 37.4 Å². The normalized spacial score (nSPS) is 15.3. The Kier molecular flexibility index (Phi) is 6.61. The second-order valence-electron chi connectivity index (χ2n) is 5.65. The van der Waals surface area contributed by atoms with Gasteiger partial charge in [0.25, 0.3) is 0 Å². The molecular weight excluding hydrogens is 399 g/mol. The maximum atomic E-state index is 10.0. The van der Waals surface area contributed by atoms with Crippen LogP contribution in [0.5, 0.6) is 0 Å². The second kappa shape index (κ2) is 8.28. The topological polar surface area (TPSA) is 65.5 Å². The predicted octanol–water partition coefficient (Wildman–Crippen LogP) is 3.93. The average Bonchev–Trinajstić information content (AvgIpc) is 2.53. The van der Waals surface area contributed by atoms with Crippen molar-refractivity contribution in [3.8, 4) is 0 Å². The number of piperazine rings is 1. The van der Waals surface area contributed by atoms with Crippen molar-refractivity contribution in [2.24, 2.45) is 0 Å². The predicted molar refractivity (Wildman–Crippen MR) is 97.0 cm³/mol. The number of benzene rings is 1. The monoisotopic (exact) mass is 416 g/mol. The maximum Gasteiger partial charge on any atom is 0.0737 e. The number of nitrogens with one attached hydrogen (secondary N) is 1. The third-order valence-electron chi connectivity index (χ3n) is 3.97. The van der Waals surface area contributed by atoms with Crippen LogP contribution in [0, 0.1) is 0 Å². The fraction of sp³-hybridized carbons (Fsp3) is 0.294. The summed E-state index contributed by atoms with van der Waals surface area (Å²) in [4.78, 5) is 8.57. The van der Waals surface area contributed by atoms with Crippen LogP contribution in [0.15, 0.2) is 42.2 Å². The SMILES string of the molecule is C/C([NH-])=C/C(=[N-])N1CCN(c2ccnc3cc(Cl)ccc23)CC1.[Y]. The van der Waals surface area contributed by atoms with Crippen molar-refractivity contribution < 1.29 is 32.7 Å². The van der Waals surface area contributed by atoms with Crippen LogP contribution in [0.3, 0.4) is 0 Å². The van der Waals surface area contributed by atoms with E-state index < -0.39 is 0 Å². The summed E-state index contributed by atoms with van der Waals surface area (Å²) in [7, 11) is 0. The Bertz CT molecular complexity index is 765. The number of hydrogen-bond acceptors (Lipinski definition) is 2. The Balaban J connectivity index is 0.00000208. The van der Waals surface area contributed by atoms with Gasteiger partial charge in [-0.2, -0.15) is 5.70 Å². The Morgan fingerprint density at radius 3 is 2.62 bits per heavy atom. The van der Waals surface area contributed by atoms with Crippen molar-refractivity contribution in [1.29, 1.82) is 0 Å². The number of pyridine rings is 1. The van der Waals surface area contributed by atoms with E-state index in [1.165, 1.54) is 6.08 Å². The Morgan fingerprint density at radius 1 is 1.25 bits per heavy atom. The molecule has 0 atom stereocenters. The van der Waals surface area contributed by atoms with E-state index in [4.69, 9.17) is 17.3 Å². The smallest absolute Gasteiger partial charge is 0.0737 e. The van der Waals surface area contributed by atoms with Crippen molar-refractivity contribution >= 4 is 34.0 Å². The zero-order valence-electron chi connectivity index (χ0n) is 13.5. The molecule has 1 aliphatic heterocycles. The first kappa shape index (κ1) is 19.2. The molecule has 1 saturated heterocycles. The number of allylic oxidation sites excluding steroid dienone is 1. The molecule has 1 radical (unpaired) electrons. The summed E-state index contributed by atoms with van der Waals surface area (Å²) in [5.74, 6) is 0.170. The van der Waals surface area contributed by atoms with Crippen molar-refractivity contribution in [3.63, 3.8) is 0 Å². The van der Waals surface area contributed by atoms with Gasteiger partial charge in [-0.25, -0.2) is 0 Å². The number of anilines is 1. The first-order chi connectivity index (χ1) is 11.0. The molecule has 3 rings (SSSR count). The van der Waals surface area contributed by atoms with Crippen molar-refractivity contribution in [3.05, 3.63) is 58.4 Å². The zero-order valence-corrected chi connectivity index (χ0v) is 17.1. The summed E-state index contributed by atoms with van der Waals surface area (Å²) < 4.78 is 0. The Labute approximate surface area is 172 Å².